The van der Waals surface area contributed by atoms with E-state index in [2.05, 4.69) is 17.1 Å². The van der Waals surface area contributed by atoms with Crippen LogP contribution in [0.15, 0.2) is 0 Å². The van der Waals surface area contributed by atoms with Crippen molar-refractivity contribution < 1.29 is 14.7 Å². The summed E-state index contributed by atoms with van der Waals surface area (Å²) in [5.74, 6) is -0.899. The van der Waals surface area contributed by atoms with Crippen LogP contribution in [-0.4, -0.2) is 65.2 Å². The molecule has 0 aromatic heterocycles. The van der Waals surface area contributed by atoms with Crippen molar-refractivity contribution in [3.8, 4) is 0 Å². The van der Waals surface area contributed by atoms with Gasteiger partial charge in [-0.25, -0.2) is 9.59 Å². The number of carbonyl (C=O) groups is 2. The third-order valence-electron chi connectivity index (χ3n) is 4.19. The number of likely N-dealkylation sites (N-methyl/N-ethyl adjacent to an activating group) is 1. The maximum absolute atomic E-state index is 12.0. The van der Waals surface area contributed by atoms with E-state index in [4.69, 9.17) is 5.11 Å². The largest absolute Gasteiger partial charge is 0.480 e. The fourth-order valence-electron chi connectivity index (χ4n) is 3.12. The minimum Gasteiger partial charge on any atom is -0.480 e. The van der Waals surface area contributed by atoms with E-state index in [1.807, 2.05) is 0 Å². The SMILES string of the molecule is CCN1CCCC1CNC(=O)N1CCC[C@H]1C(=O)O. The number of hydrogen-bond donors (Lipinski definition) is 2. The number of hydrogen-bond acceptors (Lipinski definition) is 3. The molecule has 2 rings (SSSR count). The number of urea groups is 1. The van der Waals surface area contributed by atoms with Crippen molar-refractivity contribution in [2.45, 2.75) is 44.7 Å². The van der Waals surface area contributed by atoms with Gasteiger partial charge < -0.3 is 15.3 Å². The van der Waals surface area contributed by atoms with Crippen LogP contribution in [0, 0.1) is 0 Å². The Bertz CT molecular complexity index is 348. The van der Waals surface area contributed by atoms with Crippen LogP contribution < -0.4 is 5.32 Å². The molecular weight excluding hydrogens is 246 g/mol. The predicted octanol–water partition coefficient (Wildman–Crippen LogP) is 0.729. The highest BCUT2D eigenvalue weighted by atomic mass is 16.4. The van der Waals surface area contributed by atoms with Crippen molar-refractivity contribution in [3.05, 3.63) is 0 Å². The molecule has 0 aliphatic carbocycles. The average molecular weight is 269 g/mol. The summed E-state index contributed by atoms with van der Waals surface area (Å²) in [6, 6.07) is -0.474. The van der Waals surface area contributed by atoms with Gasteiger partial charge >= 0.3 is 12.0 Å². The van der Waals surface area contributed by atoms with Crippen LogP contribution in [0.4, 0.5) is 4.79 Å². The molecule has 0 saturated carbocycles. The van der Waals surface area contributed by atoms with Gasteiger partial charge in [-0.15, -0.1) is 0 Å². The molecule has 6 nitrogen and oxygen atoms in total. The highest BCUT2D eigenvalue weighted by molar-refractivity contribution is 5.83. The van der Waals surface area contributed by atoms with Gasteiger partial charge in [0.15, 0.2) is 0 Å². The summed E-state index contributed by atoms with van der Waals surface area (Å²) < 4.78 is 0. The number of nitrogens with one attached hydrogen (secondary N) is 1. The highest BCUT2D eigenvalue weighted by Gasteiger charge is 2.34. The number of carboxylic acids is 1. The van der Waals surface area contributed by atoms with E-state index in [0.717, 1.165) is 25.9 Å². The van der Waals surface area contributed by atoms with Gasteiger partial charge in [-0.3, -0.25) is 4.90 Å². The lowest BCUT2D eigenvalue weighted by molar-refractivity contribution is -0.141. The summed E-state index contributed by atoms with van der Waals surface area (Å²) in [4.78, 5) is 26.9. The fraction of sp³-hybridized carbons (Fsp3) is 0.846. The first kappa shape index (κ1) is 14.1. The van der Waals surface area contributed by atoms with E-state index in [1.165, 1.54) is 11.3 Å². The number of carbonyl (C=O) groups excluding carboxylic acids is 1. The van der Waals surface area contributed by atoms with Crippen molar-refractivity contribution in [3.63, 3.8) is 0 Å². The molecule has 6 heteroatoms. The highest BCUT2D eigenvalue weighted by Crippen LogP contribution is 2.18. The monoisotopic (exact) mass is 269 g/mol. The molecule has 2 heterocycles. The van der Waals surface area contributed by atoms with Crippen molar-refractivity contribution in [2.75, 3.05) is 26.2 Å². The summed E-state index contributed by atoms with van der Waals surface area (Å²) in [5, 5.41) is 12.0. The van der Waals surface area contributed by atoms with Gasteiger partial charge in [0, 0.05) is 19.1 Å². The molecule has 2 aliphatic heterocycles. The van der Waals surface area contributed by atoms with Gasteiger partial charge in [0.05, 0.1) is 0 Å². The maximum Gasteiger partial charge on any atom is 0.326 e. The molecule has 2 atom stereocenters. The lowest BCUT2D eigenvalue weighted by Gasteiger charge is -2.26. The molecule has 2 aliphatic rings. The molecule has 0 bridgehead atoms. The second-order valence-electron chi connectivity index (χ2n) is 5.30. The topological polar surface area (TPSA) is 72.9 Å². The van der Waals surface area contributed by atoms with Crippen LogP contribution in [0.25, 0.3) is 0 Å². The Morgan fingerprint density at radius 3 is 2.68 bits per heavy atom. The van der Waals surface area contributed by atoms with Crippen LogP contribution in [0.5, 0.6) is 0 Å². The molecule has 0 aromatic carbocycles. The van der Waals surface area contributed by atoms with Gasteiger partial charge in [0.1, 0.15) is 6.04 Å². The van der Waals surface area contributed by atoms with E-state index in [1.54, 1.807) is 0 Å². The normalized spacial score (nSPS) is 27.7. The zero-order chi connectivity index (χ0) is 13.8. The molecule has 2 saturated heterocycles. The maximum atomic E-state index is 12.0. The van der Waals surface area contributed by atoms with Crippen molar-refractivity contribution in [2.24, 2.45) is 0 Å². The zero-order valence-electron chi connectivity index (χ0n) is 11.5. The van der Waals surface area contributed by atoms with Crippen LogP contribution in [0.1, 0.15) is 32.6 Å². The van der Waals surface area contributed by atoms with Crippen molar-refractivity contribution in [1.82, 2.24) is 15.1 Å². The molecule has 108 valence electrons. The Hall–Kier alpha value is -1.30. The molecule has 2 N–H and O–H groups in total. The standard InChI is InChI=1S/C13H23N3O3/c1-2-15-7-3-5-10(15)9-14-13(19)16-8-4-6-11(16)12(17)18/h10-11H,2-9H2,1H3,(H,14,19)(H,17,18)/t10?,11-/m0/s1. The van der Waals surface area contributed by atoms with Crippen molar-refractivity contribution >= 4 is 12.0 Å². The first-order chi connectivity index (χ1) is 9.13. The number of amides is 2. The molecule has 2 amide bonds. The average Bonchev–Trinajstić information content (AvgIpc) is 3.04. The van der Waals surface area contributed by atoms with Crippen LogP contribution in [-0.2, 0) is 4.79 Å². The molecule has 1 unspecified atom stereocenters. The van der Waals surface area contributed by atoms with E-state index in [0.29, 0.717) is 25.6 Å². The van der Waals surface area contributed by atoms with Gasteiger partial charge in [0.25, 0.3) is 0 Å². The fourth-order valence-corrected chi connectivity index (χ4v) is 3.12. The molecule has 19 heavy (non-hydrogen) atoms. The Balaban J connectivity index is 1.82. The summed E-state index contributed by atoms with van der Waals surface area (Å²) in [5.41, 5.74) is 0. The molecule has 2 fully saturated rings. The number of aliphatic carboxylic acids is 1. The third kappa shape index (κ3) is 3.18. The summed E-state index contributed by atoms with van der Waals surface area (Å²) in [6.45, 7) is 5.39. The van der Waals surface area contributed by atoms with Crippen LogP contribution >= 0.6 is 0 Å². The quantitative estimate of drug-likeness (QED) is 0.789. The minimum atomic E-state index is -0.899. The predicted molar refractivity (Wildman–Crippen MR) is 71.0 cm³/mol. The van der Waals surface area contributed by atoms with Crippen LogP contribution in [0.2, 0.25) is 0 Å². The van der Waals surface area contributed by atoms with E-state index >= 15 is 0 Å². The van der Waals surface area contributed by atoms with E-state index < -0.39 is 12.0 Å². The summed E-state index contributed by atoms with van der Waals surface area (Å²) in [6.07, 6.45) is 3.62. The number of carboxylic acid groups (broad SMARTS) is 1. The Morgan fingerprint density at radius 1 is 1.26 bits per heavy atom. The Labute approximate surface area is 113 Å². The minimum absolute atomic E-state index is 0.229. The smallest absolute Gasteiger partial charge is 0.326 e. The van der Waals surface area contributed by atoms with Gasteiger partial charge in [-0.05, 0) is 38.8 Å². The van der Waals surface area contributed by atoms with E-state index in [-0.39, 0.29) is 6.03 Å². The Morgan fingerprint density at radius 2 is 2.00 bits per heavy atom. The first-order valence-electron chi connectivity index (χ1n) is 7.14. The number of likely N-dealkylation sites (tertiary alicyclic amines) is 2. The number of rotatable bonds is 4. The third-order valence-corrected chi connectivity index (χ3v) is 4.19. The lowest BCUT2D eigenvalue weighted by atomic mass is 10.2. The molecule has 0 spiro atoms. The number of nitrogens with zero attached hydrogens (tertiary/aromatic N) is 2. The lowest BCUT2D eigenvalue weighted by Crippen LogP contribution is -2.49. The second kappa shape index (κ2) is 6.23. The van der Waals surface area contributed by atoms with Gasteiger partial charge in [0.2, 0.25) is 0 Å². The van der Waals surface area contributed by atoms with Crippen LogP contribution in [0.3, 0.4) is 0 Å². The summed E-state index contributed by atoms with van der Waals surface area (Å²) >= 11 is 0. The van der Waals surface area contributed by atoms with Crippen molar-refractivity contribution in [1.29, 1.82) is 0 Å². The molecule has 0 aromatic rings. The Kier molecular flexibility index (Phi) is 4.63. The summed E-state index contributed by atoms with van der Waals surface area (Å²) in [7, 11) is 0. The first-order valence-corrected chi connectivity index (χ1v) is 7.14. The molecule has 0 radical (unpaired) electrons. The van der Waals surface area contributed by atoms with E-state index in [9.17, 15) is 9.59 Å². The second-order valence-corrected chi connectivity index (χ2v) is 5.30. The zero-order valence-corrected chi connectivity index (χ0v) is 11.5. The van der Waals surface area contributed by atoms with Gasteiger partial charge in [-0.2, -0.15) is 0 Å². The van der Waals surface area contributed by atoms with Gasteiger partial charge in [-0.1, -0.05) is 6.92 Å². The molecular formula is C13H23N3O3.